The normalized spacial score (nSPS) is 20.3. The van der Waals surface area contributed by atoms with Crippen molar-refractivity contribution in [1.82, 2.24) is 0 Å². The maximum atomic E-state index is 9.95. The van der Waals surface area contributed by atoms with Crippen LogP contribution in [0.2, 0.25) is 0 Å². The smallest absolute Gasteiger partial charge is 0.125 e. The van der Waals surface area contributed by atoms with Crippen LogP contribution in [0.4, 0.5) is 0 Å². The van der Waals surface area contributed by atoms with Gasteiger partial charge in [-0.15, -0.1) is 0 Å². The molecule has 0 aliphatic carbocycles. The summed E-state index contributed by atoms with van der Waals surface area (Å²) in [5.41, 5.74) is 2.26. The van der Waals surface area contributed by atoms with E-state index >= 15 is 0 Å². The zero-order valence-corrected chi connectivity index (χ0v) is 9.20. The lowest BCUT2D eigenvalue weighted by Crippen LogP contribution is -1.98. The monoisotopic (exact) mass is 206 g/mol. The Labute approximate surface area is 90.9 Å². The second-order valence-electron chi connectivity index (χ2n) is 4.13. The van der Waals surface area contributed by atoms with Crippen LogP contribution < -0.4 is 4.74 Å². The second kappa shape index (κ2) is 4.67. The fraction of sp³-hybridized carbons (Fsp3) is 0.538. The van der Waals surface area contributed by atoms with E-state index in [0.29, 0.717) is 0 Å². The molecule has 15 heavy (non-hydrogen) atoms. The average Bonchev–Trinajstić information content (AvgIpc) is 2.42. The first-order valence-electron chi connectivity index (χ1n) is 5.75. The molecule has 2 rings (SSSR count). The molecule has 0 amide bonds. The molecule has 2 heteroatoms. The fourth-order valence-corrected chi connectivity index (χ4v) is 2.05. The number of rotatable bonds is 2. The van der Waals surface area contributed by atoms with Gasteiger partial charge in [0.2, 0.25) is 0 Å². The first kappa shape index (κ1) is 10.5. The molecular weight excluding hydrogens is 188 g/mol. The highest BCUT2D eigenvalue weighted by atomic mass is 16.5. The number of fused-ring (bicyclic) bond motifs is 1. The predicted octanol–water partition coefficient (Wildman–Crippen LogP) is 2.85. The molecule has 1 aliphatic heterocycles. The Morgan fingerprint density at radius 3 is 3.13 bits per heavy atom. The van der Waals surface area contributed by atoms with Crippen LogP contribution in [-0.4, -0.2) is 11.7 Å². The van der Waals surface area contributed by atoms with Crippen molar-refractivity contribution in [3.63, 3.8) is 0 Å². The lowest BCUT2D eigenvalue weighted by Gasteiger charge is -2.12. The summed E-state index contributed by atoms with van der Waals surface area (Å²) in [6, 6.07) is 6.18. The van der Waals surface area contributed by atoms with Crippen molar-refractivity contribution in [3.05, 3.63) is 29.3 Å². The van der Waals surface area contributed by atoms with Gasteiger partial charge in [-0.2, -0.15) is 0 Å². The van der Waals surface area contributed by atoms with E-state index in [1.165, 1.54) is 5.56 Å². The largest absolute Gasteiger partial charge is 0.493 e. The van der Waals surface area contributed by atoms with E-state index in [4.69, 9.17) is 4.74 Å². The van der Waals surface area contributed by atoms with Crippen LogP contribution in [0, 0.1) is 0 Å². The van der Waals surface area contributed by atoms with Crippen molar-refractivity contribution in [2.24, 2.45) is 0 Å². The minimum Gasteiger partial charge on any atom is -0.493 e. The maximum Gasteiger partial charge on any atom is 0.125 e. The van der Waals surface area contributed by atoms with Crippen molar-refractivity contribution >= 4 is 0 Å². The van der Waals surface area contributed by atoms with Crippen LogP contribution in [0.25, 0.3) is 0 Å². The Hall–Kier alpha value is -1.02. The van der Waals surface area contributed by atoms with Crippen molar-refractivity contribution in [2.75, 3.05) is 6.61 Å². The zero-order chi connectivity index (χ0) is 10.7. The van der Waals surface area contributed by atoms with Gasteiger partial charge in [0, 0.05) is 5.56 Å². The molecule has 1 aliphatic rings. The van der Waals surface area contributed by atoms with Gasteiger partial charge in [-0.1, -0.05) is 19.4 Å². The third-order valence-corrected chi connectivity index (χ3v) is 2.85. The molecule has 1 aromatic rings. The van der Waals surface area contributed by atoms with Crippen LogP contribution in [0.15, 0.2) is 18.2 Å². The molecule has 1 N–H and O–H groups in total. The lowest BCUT2D eigenvalue weighted by atomic mass is 10.0. The molecule has 1 heterocycles. The van der Waals surface area contributed by atoms with Gasteiger partial charge < -0.3 is 9.84 Å². The summed E-state index contributed by atoms with van der Waals surface area (Å²) in [5, 5.41) is 9.95. The van der Waals surface area contributed by atoms with E-state index in [9.17, 15) is 5.11 Å². The summed E-state index contributed by atoms with van der Waals surface area (Å²) in [7, 11) is 0. The Bertz CT molecular complexity index is 333. The van der Waals surface area contributed by atoms with Crippen molar-refractivity contribution in [3.8, 4) is 5.75 Å². The highest BCUT2D eigenvalue weighted by Gasteiger charge is 2.17. The van der Waals surface area contributed by atoms with Crippen LogP contribution in [0.1, 0.15) is 43.4 Å². The zero-order valence-electron chi connectivity index (χ0n) is 9.20. The number of hydrogen-bond donors (Lipinski definition) is 1. The molecule has 0 spiro atoms. The highest BCUT2D eigenvalue weighted by molar-refractivity contribution is 5.39. The van der Waals surface area contributed by atoms with E-state index in [1.54, 1.807) is 0 Å². The van der Waals surface area contributed by atoms with Gasteiger partial charge in [-0.3, -0.25) is 0 Å². The summed E-state index contributed by atoms with van der Waals surface area (Å²) < 4.78 is 5.59. The Kier molecular flexibility index (Phi) is 3.27. The van der Waals surface area contributed by atoms with E-state index in [-0.39, 0.29) is 6.10 Å². The predicted molar refractivity (Wildman–Crippen MR) is 60.1 cm³/mol. The molecule has 0 fully saturated rings. The molecule has 1 atom stereocenters. The standard InChI is InChI=1S/C13H18O2/c1-2-4-10-6-7-13-11(9-10)12(14)5-3-8-15-13/h6-7,9,12,14H,2-5,8H2,1H3. The summed E-state index contributed by atoms with van der Waals surface area (Å²) in [6.07, 6.45) is 3.59. The van der Waals surface area contributed by atoms with Crippen LogP contribution in [0.3, 0.4) is 0 Å². The minimum atomic E-state index is -0.348. The number of aryl methyl sites for hydroxylation is 1. The molecule has 0 aromatic heterocycles. The van der Waals surface area contributed by atoms with Gasteiger partial charge in [0.1, 0.15) is 5.75 Å². The first-order valence-corrected chi connectivity index (χ1v) is 5.75. The molecule has 0 saturated carbocycles. The number of ether oxygens (including phenoxy) is 1. The first-order chi connectivity index (χ1) is 7.31. The Morgan fingerprint density at radius 2 is 2.33 bits per heavy atom. The number of aliphatic hydroxyl groups is 1. The van der Waals surface area contributed by atoms with Crippen molar-refractivity contribution in [2.45, 2.75) is 38.7 Å². The van der Waals surface area contributed by atoms with Gasteiger partial charge in [0.15, 0.2) is 0 Å². The number of benzene rings is 1. The molecule has 82 valence electrons. The molecule has 0 radical (unpaired) electrons. The van der Waals surface area contributed by atoms with E-state index in [0.717, 1.165) is 43.6 Å². The summed E-state index contributed by atoms with van der Waals surface area (Å²) in [6.45, 7) is 2.88. The van der Waals surface area contributed by atoms with Gasteiger partial charge >= 0.3 is 0 Å². The molecule has 1 aromatic carbocycles. The molecule has 0 bridgehead atoms. The van der Waals surface area contributed by atoms with Gasteiger partial charge in [-0.05, 0) is 37.0 Å². The fourth-order valence-electron chi connectivity index (χ4n) is 2.05. The molecule has 1 unspecified atom stereocenters. The lowest BCUT2D eigenvalue weighted by molar-refractivity contribution is 0.167. The Balaban J connectivity index is 2.31. The third kappa shape index (κ3) is 2.32. The van der Waals surface area contributed by atoms with Crippen LogP contribution in [-0.2, 0) is 6.42 Å². The van der Waals surface area contributed by atoms with Gasteiger partial charge in [0.05, 0.1) is 12.7 Å². The topological polar surface area (TPSA) is 29.5 Å². The molecular formula is C13H18O2. The average molecular weight is 206 g/mol. The minimum absolute atomic E-state index is 0.348. The van der Waals surface area contributed by atoms with Gasteiger partial charge in [0.25, 0.3) is 0 Å². The SMILES string of the molecule is CCCc1ccc2c(c1)C(O)CCCO2. The second-order valence-corrected chi connectivity index (χ2v) is 4.13. The van der Waals surface area contributed by atoms with E-state index in [1.807, 2.05) is 6.07 Å². The summed E-state index contributed by atoms with van der Waals surface area (Å²) >= 11 is 0. The quantitative estimate of drug-likeness (QED) is 0.806. The van der Waals surface area contributed by atoms with E-state index < -0.39 is 0 Å². The van der Waals surface area contributed by atoms with Crippen LogP contribution >= 0.6 is 0 Å². The van der Waals surface area contributed by atoms with Gasteiger partial charge in [-0.25, -0.2) is 0 Å². The number of hydrogen-bond acceptors (Lipinski definition) is 2. The van der Waals surface area contributed by atoms with E-state index in [2.05, 4.69) is 19.1 Å². The maximum absolute atomic E-state index is 9.95. The molecule has 0 saturated heterocycles. The van der Waals surface area contributed by atoms with Crippen molar-refractivity contribution in [1.29, 1.82) is 0 Å². The van der Waals surface area contributed by atoms with Crippen molar-refractivity contribution < 1.29 is 9.84 Å². The number of aliphatic hydroxyl groups excluding tert-OH is 1. The third-order valence-electron chi connectivity index (χ3n) is 2.85. The van der Waals surface area contributed by atoms with Crippen LogP contribution in [0.5, 0.6) is 5.75 Å². The molecule has 2 nitrogen and oxygen atoms in total. The summed E-state index contributed by atoms with van der Waals surface area (Å²) in [5.74, 6) is 0.861. The summed E-state index contributed by atoms with van der Waals surface area (Å²) in [4.78, 5) is 0. The Morgan fingerprint density at radius 1 is 1.47 bits per heavy atom. The highest BCUT2D eigenvalue weighted by Crippen LogP contribution is 2.32.